The van der Waals surface area contributed by atoms with Crippen LogP contribution in [0.5, 0.6) is 5.75 Å². The summed E-state index contributed by atoms with van der Waals surface area (Å²) in [6, 6.07) is 21.4. The lowest BCUT2D eigenvalue weighted by molar-refractivity contribution is -0.142. The minimum absolute atomic E-state index is 0.203. The molecule has 8 heteroatoms. The SMILES string of the molecule is CCCNC(=O)[C@@H](Cc1ccccc1)N(Cc1ccc(Br)cc1)C(=O)COc1ccc(Cl)cc1Cl. The molecule has 2 amide bonds. The maximum atomic E-state index is 13.5. The number of carbonyl (C=O) groups is 2. The van der Waals surface area contributed by atoms with Crippen molar-refractivity contribution < 1.29 is 14.3 Å². The van der Waals surface area contributed by atoms with E-state index in [1.165, 1.54) is 0 Å². The quantitative estimate of drug-likeness (QED) is 0.291. The van der Waals surface area contributed by atoms with Crippen LogP contribution in [0.2, 0.25) is 10.0 Å². The van der Waals surface area contributed by atoms with Gasteiger partial charge in [-0.05, 0) is 47.9 Å². The van der Waals surface area contributed by atoms with Crippen molar-refractivity contribution in [1.82, 2.24) is 10.2 Å². The smallest absolute Gasteiger partial charge is 0.261 e. The largest absolute Gasteiger partial charge is 0.482 e. The van der Waals surface area contributed by atoms with E-state index < -0.39 is 6.04 Å². The van der Waals surface area contributed by atoms with E-state index in [0.717, 1.165) is 22.0 Å². The maximum Gasteiger partial charge on any atom is 0.261 e. The molecule has 0 fully saturated rings. The van der Waals surface area contributed by atoms with Crippen LogP contribution in [0.3, 0.4) is 0 Å². The Morgan fingerprint density at radius 3 is 2.37 bits per heavy atom. The zero-order chi connectivity index (χ0) is 25.2. The second kappa shape index (κ2) is 13.5. The van der Waals surface area contributed by atoms with Gasteiger partial charge < -0.3 is 15.0 Å². The zero-order valence-corrected chi connectivity index (χ0v) is 22.4. The fourth-order valence-electron chi connectivity index (χ4n) is 3.52. The van der Waals surface area contributed by atoms with E-state index in [1.54, 1.807) is 23.1 Å². The van der Waals surface area contributed by atoms with E-state index in [9.17, 15) is 9.59 Å². The molecule has 0 aliphatic rings. The average Bonchev–Trinajstić information content (AvgIpc) is 2.85. The molecule has 0 aliphatic carbocycles. The van der Waals surface area contributed by atoms with E-state index in [-0.39, 0.29) is 25.0 Å². The highest BCUT2D eigenvalue weighted by molar-refractivity contribution is 9.10. The Balaban J connectivity index is 1.89. The topological polar surface area (TPSA) is 58.6 Å². The number of benzene rings is 3. The van der Waals surface area contributed by atoms with E-state index in [4.69, 9.17) is 27.9 Å². The van der Waals surface area contributed by atoms with E-state index in [0.29, 0.717) is 28.8 Å². The minimum atomic E-state index is -0.718. The van der Waals surface area contributed by atoms with Crippen LogP contribution >= 0.6 is 39.1 Å². The molecule has 0 heterocycles. The van der Waals surface area contributed by atoms with Gasteiger partial charge in [-0.1, -0.05) is 88.5 Å². The molecule has 0 unspecified atom stereocenters. The van der Waals surface area contributed by atoms with Crippen molar-refractivity contribution in [1.29, 1.82) is 0 Å². The number of nitrogens with zero attached hydrogens (tertiary/aromatic N) is 1. The summed E-state index contributed by atoms with van der Waals surface area (Å²) in [6.07, 6.45) is 1.17. The van der Waals surface area contributed by atoms with Crippen molar-refractivity contribution in [2.24, 2.45) is 0 Å². The third-order valence-electron chi connectivity index (χ3n) is 5.33. The van der Waals surface area contributed by atoms with Gasteiger partial charge in [0.1, 0.15) is 11.8 Å². The lowest BCUT2D eigenvalue weighted by Crippen LogP contribution is -2.51. The highest BCUT2D eigenvalue weighted by atomic mass is 79.9. The highest BCUT2D eigenvalue weighted by Gasteiger charge is 2.30. The third-order valence-corrected chi connectivity index (χ3v) is 6.39. The van der Waals surface area contributed by atoms with Crippen molar-refractivity contribution in [3.05, 3.63) is 98.4 Å². The Labute approximate surface area is 224 Å². The van der Waals surface area contributed by atoms with Crippen LogP contribution < -0.4 is 10.1 Å². The molecule has 0 saturated carbocycles. The molecule has 3 aromatic rings. The van der Waals surface area contributed by atoms with Crippen LogP contribution in [0.4, 0.5) is 0 Å². The van der Waals surface area contributed by atoms with Gasteiger partial charge in [-0.2, -0.15) is 0 Å². The summed E-state index contributed by atoms with van der Waals surface area (Å²) in [5.74, 6) is -0.180. The van der Waals surface area contributed by atoms with Gasteiger partial charge in [0.05, 0.1) is 5.02 Å². The van der Waals surface area contributed by atoms with Gasteiger partial charge in [-0.3, -0.25) is 9.59 Å². The maximum absolute atomic E-state index is 13.5. The number of carbonyl (C=O) groups excluding carboxylic acids is 2. The van der Waals surface area contributed by atoms with Crippen molar-refractivity contribution in [2.75, 3.05) is 13.2 Å². The summed E-state index contributed by atoms with van der Waals surface area (Å²) in [5.41, 5.74) is 1.85. The first-order chi connectivity index (χ1) is 16.9. The first kappa shape index (κ1) is 27.1. The number of amides is 2. The van der Waals surface area contributed by atoms with E-state index in [2.05, 4.69) is 21.2 Å². The van der Waals surface area contributed by atoms with Crippen molar-refractivity contribution in [2.45, 2.75) is 32.4 Å². The predicted octanol–water partition coefficient (Wildman–Crippen LogP) is 6.30. The number of halogens is 3. The molecule has 3 rings (SSSR count). The predicted molar refractivity (Wildman–Crippen MR) is 144 cm³/mol. The monoisotopic (exact) mass is 576 g/mol. The number of hydrogen-bond acceptors (Lipinski definition) is 3. The van der Waals surface area contributed by atoms with Crippen LogP contribution in [-0.4, -0.2) is 35.9 Å². The van der Waals surface area contributed by atoms with Crippen molar-refractivity contribution in [3.63, 3.8) is 0 Å². The van der Waals surface area contributed by atoms with Crippen LogP contribution in [-0.2, 0) is 22.6 Å². The lowest BCUT2D eigenvalue weighted by atomic mass is 10.0. The molecule has 0 aliphatic heterocycles. The molecule has 5 nitrogen and oxygen atoms in total. The summed E-state index contributed by atoms with van der Waals surface area (Å²) in [6.45, 7) is 2.49. The van der Waals surface area contributed by atoms with E-state index in [1.807, 2.05) is 61.5 Å². The Bertz CT molecular complexity index is 1130. The Hall–Kier alpha value is -2.54. The average molecular weight is 578 g/mol. The van der Waals surface area contributed by atoms with Gasteiger partial charge in [0.2, 0.25) is 5.91 Å². The van der Waals surface area contributed by atoms with Gasteiger partial charge in [0.15, 0.2) is 6.61 Å². The van der Waals surface area contributed by atoms with Gasteiger partial charge in [0, 0.05) is 29.0 Å². The molecule has 184 valence electrons. The van der Waals surface area contributed by atoms with Gasteiger partial charge in [-0.25, -0.2) is 0 Å². The standard InChI is InChI=1S/C27H27BrCl2N2O3/c1-2-14-31-27(34)24(15-19-6-4-3-5-7-19)32(17-20-8-10-21(28)11-9-20)26(33)18-35-25-13-12-22(29)16-23(25)30/h3-13,16,24H,2,14-15,17-18H2,1H3,(H,31,34)/t24-/m1/s1. The van der Waals surface area contributed by atoms with Crippen molar-refractivity contribution >= 4 is 50.9 Å². The summed E-state index contributed by atoms with van der Waals surface area (Å²) < 4.78 is 6.66. The first-order valence-electron chi connectivity index (χ1n) is 11.3. The molecule has 0 spiro atoms. The summed E-state index contributed by atoms with van der Waals surface area (Å²) >= 11 is 15.6. The van der Waals surface area contributed by atoms with Gasteiger partial charge in [0.25, 0.3) is 5.91 Å². The molecule has 1 N–H and O–H groups in total. The molecule has 0 aromatic heterocycles. The summed E-state index contributed by atoms with van der Waals surface area (Å²) in [4.78, 5) is 28.4. The van der Waals surface area contributed by atoms with Crippen LogP contribution in [0.1, 0.15) is 24.5 Å². The van der Waals surface area contributed by atoms with Crippen molar-refractivity contribution in [3.8, 4) is 5.75 Å². The molecular formula is C27H27BrCl2N2O3. The first-order valence-corrected chi connectivity index (χ1v) is 12.9. The van der Waals surface area contributed by atoms with E-state index >= 15 is 0 Å². The highest BCUT2D eigenvalue weighted by Crippen LogP contribution is 2.27. The Morgan fingerprint density at radius 2 is 1.71 bits per heavy atom. The van der Waals surface area contributed by atoms with Gasteiger partial charge >= 0.3 is 0 Å². The van der Waals surface area contributed by atoms with Crippen LogP contribution in [0.15, 0.2) is 77.3 Å². The normalized spacial score (nSPS) is 11.5. The second-order valence-electron chi connectivity index (χ2n) is 8.01. The summed E-state index contributed by atoms with van der Waals surface area (Å²) in [5, 5.41) is 3.74. The molecule has 35 heavy (non-hydrogen) atoms. The Morgan fingerprint density at radius 1 is 1.00 bits per heavy atom. The third kappa shape index (κ3) is 8.27. The number of rotatable bonds is 11. The molecule has 0 radical (unpaired) electrons. The molecule has 3 aromatic carbocycles. The van der Waals surface area contributed by atoms with Crippen LogP contribution in [0.25, 0.3) is 0 Å². The van der Waals surface area contributed by atoms with Crippen LogP contribution in [0, 0.1) is 0 Å². The number of nitrogens with one attached hydrogen (secondary N) is 1. The number of hydrogen-bond donors (Lipinski definition) is 1. The summed E-state index contributed by atoms with van der Waals surface area (Å²) in [7, 11) is 0. The zero-order valence-electron chi connectivity index (χ0n) is 19.3. The fraction of sp³-hybridized carbons (Fsp3) is 0.259. The second-order valence-corrected chi connectivity index (χ2v) is 9.77. The minimum Gasteiger partial charge on any atom is -0.482 e. The lowest BCUT2D eigenvalue weighted by Gasteiger charge is -2.31. The Kier molecular flexibility index (Phi) is 10.5. The molecule has 1 atom stereocenters. The fourth-order valence-corrected chi connectivity index (χ4v) is 4.25. The molecule has 0 saturated heterocycles. The molecule has 0 bridgehead atoms. The van der Waals surface area contributed by atoms with Gasteiger partial charge in [-0.15, -0.1) is 0 Å². The molecular weight excluding hydrogens is 551 g/mol. The number of ether oxygens (including phenoxy) is 1.